The zero-order chi connectivity index (χ0) is 14.3. The molecule has 1 rings (SSSR count). The number of alkyl halides is 1. The SMILES string of the molecule is CCCC(CCCl)CNC(=O)c1cc(I)ccc1Br. The predicted molar refractivity (Wildman–Crippen MR) is 92.9 cm³/mol. The van der Waals surface area contributed by atoms with E-state index >= 15 is 0 Å². The summed E-state index contributed by atoms with van der Waals surface area (Å²) in [5.74, 6) is 1.09. The summed E-state index contributed by atoms with van der Waals surface area (Å²) < 4.78 is 1.88. The highest BCUT2D eigenvalue weighted by atomic mass is 127. The summed E-state index contributed by atoms with van der Waals surface area (Å²) in [6, 6.07) is 5.75. The van der Waals surface area contributed by atoms with Crippen LogP contribution >= 0.6 is 50.1 Å². The van der Waals surface area contributed by atoms with Gasteiger partial charge < -0.3 is 5.32 Å². The van der Waals surface area contributed by atoms with E-state index in [0.717, 1.165) is 27.3 Å². The second kappa shape index (κ2) is 9.19. The molecule has 0 aliphatic rings. The standard InChI is InChI=1S/C14H18BrClINO/c1-2-3-10(6-7-16)9-18-14(19)12-8-11(17)4-5-13(12)15/h4-5,8,10H,2-3,6-7,9H2,1H3,(H,18,19). The average molecular weight is 459 g/mol. The molecule has 0 saturated carbocycles. The lowest BCUT2D eigenvalue weighted by Crippen LogP contribution is -2.29. The Hall–Kier alpha value is 0.190. The summed E-state index contributed by atoms with van der Waals surface area (Å²) in [6.45, 7) is 2.84. The van der Waals surface area contributed by atoms with Gasteiger partial charge in [0.25, 0.3) is 5.91 Å². The van der Waals surface area contributed by atoms with Crippen LogP contribution in [0.1, 0.15) is 36.5 Å². The molecular weight excluding hydrogens is 440 g/mol. The minimum atomic E-state index is -0.0268. The minimum Gasteiger partial charge on any atom is -0.352 e. The third kappa shape index (κ3) is 6.00. The minimum absolute atomic E-state index is 0.0268. The summed E-state index contributed by atoms with van der Waals surface area (Å²) in [4.78, 5) is 12.2. The topological polar surface area (TPSA) is 29.1 Å². The molecule has 5 heteroatoms. The molecule has 0 aromatic heterocycles. The fourth-order valence-electron chi connectivity index (χ4n) is 1.91. The molecule has 1 aromatic carbocycles. The van der Waals surface area contributed by atoms with Crippen molar-refractivity contribution >= 4 is 56.0 Å². The predicted octanol–water partition coefficient (Wildman–Crippen LogP) is 4.83. The molecule has 1 N–H and O–H groups in total. The van der Waals surface area contributed by atoms with Crippen LogP contribution in [-0.4, -0.2) is 18.3 Å². The van der Waals surface area contributed by atoms with Crippen molar-refractivity contribution in [2.75, 3.05) is 12.4 Å². The van der Waals surface area contributed by atoms with Crippen LogP contribution in [0.3, 0.4) is 0 Å². The molecule has 106 valence electrons. The second-order valence-electron chi connectivity index (χ2n) is 4.47. The van der Waals surface area contributed by atoms with E-state index in [9.17, 15) is 4.79 Å². The molecule has 1 unspecified atom stereocenters. The van der Waals surface area contributed by atoms with Gasteiger partial charge in [-0.1, -0.05) is 13.3 Å². The van der Waals surface area contributed by atoms with Crippen molar-refractivity contribution in [3.63, 3.8) is 0 Å². The molecule has 0 aliphatic heterocycles. The lowest BCUT2D eigenvalue weighted by Gasteiger charge is -2.16. The number of benzene rings is 1. The highest BCUT2D eigenvalue weighted by Gasteiger charge is 2.13. The maximum Gasteiger partial charge on any atom is 0.252 e. The Morgan fingerprint density at radius 3 is 2.84 bits per heavy atom. The van der Waals surface area contributed by atoms with Crippen molar-refractivity contribution in [1.29, 1.82) is 0 Å². The Labute approximate surface area is 141 Å². The average Bonchev–Trinajstić information content (AvgIpc) is 2.39. The number of amides is 1. The van der Waals surface area contributed by atoms with E-state index in [4.69, 9.17) is 11.6 Å². The highest BCUT2D eigenvalue weighted by Crippen LogP contribution is 2.19. The lowest BCUT2D eigenvalue weighted by atomic mass is 10.0. The first-order valence-electron chi connectivity index (χ1n) is 6.37. The summed E-state index contributed by atoms with van der Waals surface area (Å²) in [5.41, 5.74) is 0.688. The summed E-state index contributed by atoms with van der Waals surface area (Å²) >= 11 is 11.4. The van der Waals surface area contributed by atoms with Crippen LogP contribution in [0.25, 0.3) is 0 Å². The Bertz CT molecular complexity index is 422. The van der Waals surface area contributed by atoms with Crippen LogP contribution in [0.15, 0.2) is 22.7 Å². The van der Waals surface area contributed by atoms with Crippen LogP contribution in [0.4, 0.5) is 0 Å². The highest BCUT2D eigenvalue weighted by molar-refractivity contribution is 14.1. The fourth-order valence-corrected chi connectivity index (χ4v) is 3.14. The van der Waals surface area contributed by atoms with Gasteiger partial charge in [-0.2, -0.15) is 0 Å². The molecule has 0 radical (unpaired) electrons. The van der Waals surface area contributed by atoms with Crippen LogP contribution in [0.5, 0.6) is 0 Å². The van der Waals surface area contributed by atoms with E-state index in [0.29, 0.717) is 23.9 Å². The molecule has 1 atom stereocenters. The van der Waals surface area contributed by atoms with E-state index < -0.39 is 0 Å². The fraction of sp³-hybridized carbons (Fsp3) is 0.500. The van der Waals surface area contributed by atoms with Gasteiger partial charge in [-0.3, -0.25) is 4.79 Å². The molecule has 19 heavy (non-hydrogen) atoms. The van der Waals surface area contributed by atoms with E-state index in [1.54, 1.807) is 0 Å². The first kappa shape index (κ1) is 17.2. The molecule has 1 amide bonds. The summed E-state index contributed by atoms with van der Waals surface area (Å²) in [6.07, 6.45) is 3.16. The Morgan fingerprint density at radius 1 is 1.47 bits per heavy atom. The van der Waals surface area contributed by atoms with Crippen LogP contribution < -0.4 is 5.32 Å². The van der Waals surface area contributed by atoms with Crippen molar-refractivity contribution < 1.29 is 4.79 Å². The number of halogens is 3. The zero-order valence-corrected chi connectivity index (χ0v) is 15.4. The van der Waals surface area contributed by atoms with Crippen LogP contribution in [-0.2, 0) is 0 Å². The maximum atomic E-state index is 12.2. The number of nitrogens with one attached hydrogen (secondary N) is 1. The van der Waals surface area contributed by atoms with Gasteiger partial charge in [0.05, 0.1) is 5.56 Å². The van der Waals surface area contributed by atoms with Gasteiger partial charge in [-0.25, -0.2) is 0 Å². The number of carbonyl (C=O) groups excluding carboxylic acids is 1. The van der Waals surface area contributed by atoms with Gasteiger partial charge in [-0.05, 0) is 75.5 Å². The summed E-state index contributed by atoms with van der Waals surface area (Å²) in [7, 11) is 0. The van der Waals surface area contributed by atoms with E-state index in [-0.39, 0.29) is 5.91 Å². The Morgan fingerprint density at radius 2 is 2.21 bits per heavy atom. The molecule has 1 aromatic rings. The van der Waals surface area contributed by atoms with E-state index in [2.05, 4.69) is 50.8 Å². The second-order valence-corrected chi connectivity index (χ2v) is 6.94. The molecule has 2 nitrogen and oxygen atoms in total. The van der Waals surface area contributed by atoms with E-state index in [1.165, 1.54) is 0 Å². The maximum absolute atomic E-state index is 12.2. The third-order valence-corrected chi connectivity index (χ3v) is 4.52. The number of carbonyl (C=O) groups is 1. The Kier molecular flexibility index (Phi) is 8.34. The lowest BCUT2D eigenvalue weighted by molar-refractivity contribution is 0.0945. The van der Waals surface area contributed by atoms with Crippen LogP contribution in [0, 0.1) is 9.49 Å². The monoisotopic (exact) mass is 457 g/mol. The van der Waals surface area contributed by atoms with Gasteiger partial charge >= 0.3 is 0 Å². The number of hydrogen-bond acceptors (Lipinski definition) is 1. The quantitative estimate of drug-likeness (QED) is 0.460. The normalized spacial score (nSPS) is 12.2. The largest absolute Gasteiger partial charge is 0.352 e. The first-order valence-corrected chi connectivity index (χ1v) is 8.78. The van der Waals surface area contributed by atoms with Gasteiger partial charge in [0.1, 0.15) is 0 Å². The molecule has 0 saturated heterocycles. The Balaban J connectivity index is 2.61. The van der Waals surface area contributed by atoms with Gasteiger partial charge in [0.15, 0.2) is 0 Å². The number of hydrogen-bond donors (Lipinski definition) is 1. The van der Waals surface area contributed by atoms with Crippen molar-refractivity contribution in [1.82, 2.24) is 5.32 Å². The molecular formula is C14H18BrClINO. The van der Waals surface area contributed by atoms with Crippen LogP contribution in [0.2, 0.25) is 0 Å². The van der Waals surface area contributed by atoms with Crippen molar-refractivity contribution in [2.45, 2.75) is 26.2 Å². The van der Waals surface area contributed by atoms with Gasteiger partial charge in [0, 0.05) is 20.5 Å². The summed E-state index contributed by atoms with van der Waals surface area (Å²) in [5, 5.41) is 3.01. The molecule has 0 bridgehead atoms. The van der Waals surface area contributed by atoms with Crippen molar-refractivity contribution in [2.24, 2.45) is 5.92 Å². The smallest absolute Gasteiger partial charge is 0.252 e. The van der Waals surface area contributed by atoms with Crippen molar-refractivity contribution in [3.05, 3.63) is 31.8 Å². The van der Waals surface area contributed by atoms with Gasteiger partial charge in [-0.15, -0.1) is 11.6 Å². The van der Waals surface area contributed by atoms with E-state index in [1.807, 2.05) is 18.2 Å². The molecule has 0 aliphatic carbocycles. The van der Waals surface area contributed by atoms with Crippen molar-refractivity contribution in [3.8, 4) is 0 Å². The first-order chi connectivity index (χ1) is 9.08. The number of rotatable bonds is 7. The van der Waals surface area contributed by atoms with Gasteiger partial charge in [0.2, 0.25) is 0 Å². The molecule has 0 spiro atoms. The third-order valence-electron chi connectivity index (χ3n) is 2.94. The zero-order valence-electron chi connectivity index (χ0n) is 10.9. The molecule has 0 heterocycles. The molecule has 0 fully saturated rings.